The van der Waals surface area contributed by atoms with Crippen molar-refractivity contribution in [3.63, 3.8) is 0 Å². The molecule has 0 spiro atoms. The highest BCUT2D eigenvalue weighted by molar-refractivity contribution is 9.11. The molecule has 3 nitrogen and oxygen atoms in total. The highest BCUT2D eigenvalue weighted by atomic mass is 79.9. The number of nitrogens with one attached hydrogen (secondary N) is 1. The van der Waals surface area contributed by atoms with Crippen LogP contribution in [0.15, 0.2) is 15.9 Å². The molecule has 0 bridgehead atoms. The Kier molecular flexibility index (Phi) is 2.90. The summed E-state index contributed by atoms with van der Waals surface area (Å²) in [6.07, 6.45) is 1.32. The fraction of sp³-hybridized carbons (Fsp3) is 0.444. The third kappa shape index (κ3) is 1.99. The van der Waals surface area contributed by atoms with Crippen LogP contribution in [0.2, 0.25) is 0 Å². The van der Waals surface area contributed by atoms with Gasteiger partial charge in [-0.15, -0.1) is 11.3 Å². The number of piperidine rings is 1. The molecule has 0 aliphatic carbocycles. The molecule has 0 aromatic carbocycles. The molecular weight excluding hydrogens is 264 g/mol. The van der Waals surface area contributed by atoms with E-state index in [9.17, 15) is 4.79 Å². The van der Waals surface area contributed by atoms with E-state index in [4.69, 9.17) is 5.73 Å². The van der Waals surface area contributed by atoms with Gasteiger partial charge in [-0.05, 0) is 34.5 Å². The highest BCUT2D eigenvalue weighted by Gasteiger charge is 2.27. The number of halogens is 1. The van der Waals surface area contributed by atoms with Gasteiger partial charge < -0.3 is 11.1 Å². The Morgan fingerprint density at radius 3 is 3.00 bits per heavy atom. The average molecular weight is 275 g/mol. The fourth-order valence-corrected chi connectivity index (χ4v) is 3.15. The molecule has 0 saturated carbocycles. The van der Waals surface area contributed by atoms with Crippen LogP contribution in [0.5, 0.6) is 0 Å². The second-order valence-corrected chi connectivity index (χ2v) is 5.88. The maximum atomic E-state index is 11.2. The standard InChI is InChI=1S/C9H11BrN2OS/c10-7-3-2-6(14-7)9-5(11)1-4-8(13)12-9/h2-3,5,9H,1,4,11H2,(H,12,13). The highest BCUT2D eigenvalue weighted by Crippen LogP contribution is 2.31. The van der Waals surface area contributed by atoms with Crippen molar-refractivity contribution in [3.05, 3.63) is 20.8 Å². The number of hydrogen-bond acceptors (Lipinski definition) is 3. The molecule has 76 valence electrons. The number of carbonyl (C=O) groups excluding carboxylic acids is 1. The summed E-state index contributed by atoms with van der Waals surface area (Å²) in [5.41, 5.74) is 5.96. The molecule has 2 unspecified atom stereocenters. The lowest BCUT2D eigenvalue weighted by Gasteiger charge is -2.28. The summed E-state index contributed by atoms with van der Waals surface area (Å²) in [5.74, 6) is 0.0984. The zero-order valence-electron chi connectivity index (χ0n) is 7.50. The summed E-state index contributed by atoms with van der Waals surface area (Å²) in [7, 11) is 0. The van der Waals surface area contributed by atoms with Crippen molar-refractivity contribution in [1.82, 2.24) is 5.32 Å². The normalized spacial score (nSPS) is 27.4. The predicted octanol–water partition coefficient (Wildman–Crippen LogP) is 1.79. The van der Waals surface area contributed by atoms with Crippen LogP contribution >= 0.6 is 27.3 Å². The van der Waals surface area contributed by atoms with Gasteiger partial charge >= 0.3 is 0 Å². The van der Waals surface area contributed by atoms with Crippen molar-refractivity contribution in [2.45, 2.75) is 24.9 Å². The van der Waals surface area contributed by atoms with Crippen molar-refractivity contribution in [3.8, 4) is 0 Å². The summed E-state index contributed by atoms with van der Waals surface area (Å²) in [6.45, 7) is 0. The molecule has 0 radical (unpaired) electrons. The first-order valence-electron chi connectivity index (χ1n) is 4.47. The van der Waals surface area contributed by atoms with Gasteiger partial charge in [-0.1, -0.05) is 0 Å². The first kappa shape index (κ1) is 10.1. The van der Waals surface area contributed by atoms with Gasteiger partial charge in [0.2, 0.25) is 5.91 Å². The number of nitrogens with two attached hydrogens (primary N) is 1. The Labute approximate surface area is 94.8 Å². The lowest BCUT2D eigenvalue weighted by molar-refractivity contribution is -0.123. The molecule has 2 atom stereocenters. The Morgan fingerprint density at radius 2 is 2.36 bits per heavy atom. The molecule has 5 heteroatoms. The maximum Gasteiger partial charge on any atom is 0.220 e. The molecule has 1 aliphatic heterocycles. The molecule has 2 heterocycles. The van der Waals surface area contributed by atoms with E-state index in [0.29, 0.717) is 6.42 Å². The Bertz CT molecular complexity index is 352. The second-order valence-electron chi connectivity index (χ2n) is 3.39. The van der Waals surface area contributed by atoms with Crippen molar-refractivity contribution < 1.29 is 4.79 Å². The summed E-state index contributed by atoms with van der Waals surface area (Å²) in [6, 6.07) is 4.02. The van der Waals surface area contributed by atoms with Gasteiger partial charge in [0.1, 0.15) is 0 Å². The molecule has 1 aromatic rings. The fourth-order valence-electron chi connectivity index (χ4n) is 1.59. The van der Waals surface area contributed by atoms with E-state index >= 15 is 0 Å². The quantitative estimate of drug-likeness (QED) is 0.821. The van der Waals surface area contributed by atoms with Crippen molar-refractivity contribution >= 4 is 33.2 Å². The molecule has 3 N–H and O–H groups in total. The number of hydrogen-bond donors (Lipinski definition) is 2. The summed E-state index contributed by atoms with van der Waals surface area (Å²) in [4.78, 5) is 12.3. The molecule has 1 saturated heterocycles. The molecular formula is C9H11BrN2OS. The molecule has 1 aromatic heterocycles. The zero-order chi connectivity index (χ0) is 10.1. The molecule has 2 rings (SSSR count). The van der Waals surface area contributed by atoms with E-state index in [1.807, 2.05) is 12.1 Å². The van der Waals surface area contributed by atoms with Gasteiger partial charge in [-0.25, -0.2) is 0 Å². The average Bonchev–Trinajstić information content (AvgIpc) is 2.56. The maximum absolute atomic E-state index is 11.2. The van der Waals surface area contributed by atoms with E-state index in [1.165, 1.54) is 0 Å². The first-order chi connectivity index (χ1) is 6.66. The largest absolute Gasteiger partial charge is 0.347 e. The molecule has 1 fully saturated rings. The van der Waals surface area contributed by atoms with Crippen molar-refractivity contribution in [2.75, 3.05) is 0 Å². The molecule has 1 amide bonds. The van der Waals surface area contributed by atoms with Crippen LogP contribution in [0.25, 0.3) is 0 Å². The SMILES string of the molecule is NC1CCC(=O)NC1c1ccc(Br)s1. The van der Waals surface area contributed by atoms with Crippen LogP contribution < -0.4 is 11.1 Å². The van der Waals surface area contributed by atoms with Crippen LogP contribution in [-0.4, -0.2) is 11.9 Å². The third-order valence-electron chi connectivity index (χ3n) is 2.35. The lowest BCUT2D eigenvalue weighted by atomic mass is 9.98. The van der Waals surface area contributed by atoms with Gasteiger partial charge in [0.25, 0.3) is 0 Å². The molecule has 14 heavy (non-hydrogen) atoms. The zero-order valence-corrected chi connectivity index (χ0v) is 9.90. The van der Waals surface area contributed by atoms with Crippen LogP contribution in [-0.2, 0) is 4.79 Å². The van der Waals surface area contributed by atoms with E-state index in [1.54, 1.807) is 11.3 Å². The Balaban J connectivity index is 2.19. The lowest BCUT2D eigenvalue weighted by Crippen LogP contribution is -2.45. The topological polar surface area (TPSA) is 55.1 Å². The van der Waals surface area contributed by atoms with Crippen LogP contribution in [0, 0.1) is 0 Å². The van der Waals surface area contributed by atoms with Crippen LogP contribution in [0.3, 0.4) is 0 Å². The van der Waals surface area contributed by atoms with E-state index < -0.39 is 0 Å². The first-order valence-corrected chi connectivity index (χ1v) is 6.08. The minimum absolute atomic E-state index is 0.00690. The summed E-state index contributed by atoms with van der Waals surface area (Å²) < 4.78 is 1.07. The van der Waals surface area contributed by atoms with Crippen molar-refractivity contribution in [2.24, 2.45) is 5.73 Å². The molecule has 1 aliphatic rings. The van der Waals surface area contributed by atoms with Gasteiger partial charge in [-0.2, -0.15) is 0 Å². The number of carbonyl (C=O) groups is 1. The second kappa shape index (κ2) is 4.00. The smallest absolute Gasteiger partial charge is 0.220 e. The van der Waals surface area contributed by atoms with Gasteiger partial charge in [0.15, 0.2) is 0 Å². The Morgan fingerprint density at radius 1 is 1.57 bits per heavy atom. The summed E-state index contributed by atoms with van der Waals surface area (Å²) in [5, 5.41) is 2.92. The van der Waals surface area contributed by atoms with E-state index in [-0.39, 0.29) is 18.0 Å². The van der Waals surface area contributed by atoms with Gasteiger partial charge in [0.05, 0.1) is 9.83 Å². The number of amides is 1. The van der Waals surface area contributed by atoms with E-state index in [0.717, 1.165) is 15.1 Å². The van der Waals surface area contributed by atoms with Gasteiger partial charge in [-0.3, -0.25) is 4.79 Å². The van der Waals surface area contributed by atoms with Gasteiger partial charge in [0, 0.05) is 17.3 Å². The van der Waals surface area contributed by atoms with E-state index in [2.05, 4.69) is 21.2 Å². The minimum Gasteiger partial charge on any atom is -0.347 e. The monoisotopic (exact) mass is 274 g/mol. The third-order valence-corrected chi connectivity index (χ3v) is 4.06. The van der Waals surface area contributed by atoms with Crippen molar-refractivity contribution in [1.29, 1.82) is 0 Å². The number of rotatable bonds is 1. The summed E-state index contributed by atoms with van der Waals surface area (Å²) >= 11 is 5.02. The van der Waals surface area contributed by atoms with Crippen LogP contribution in [0.4, 0.5) is 0 Å². The minimum atomic E-state index is -0.00690. The van der Waals surface area contributed by atoms with Crippen LogP contribution in [0.1, 0.15) is 23.8 Å². The predicted molar refractivity (Wildman–Crippen MR) is 60.1 cm³/mol. The Hall–Kier alpha value is -0.390. The number of thiophene rings is 1.